The van der Waals surface area contributed by atoms with Crippen molar-refractivity contribution in [2.45, 2.75) is 73.5 Å². The average Bonchev–Trinajstić information content (AvgIpc) is 2.90. The van der Waals surface area contributed by atoms with E-state index in [-0.39, 0.29) is 49.4 Å². The van der Waals surface area contributed by atoms with Crippen molar-refractivity contribution in [2.24, 2.45) is 10.8 Å². The monoisotopic (exact) mass is 583 g/mol. The summed E-state index contributed by atoms with van der Waals surface area (Å²) in [6.45, 7) is 14.2. The van der Waals surface area contributed by atoms with Crippen molar-refractivity contribution in [1.29, 1.82) is 0 Å². The fourth-order valence-corrected chi connectivity index (χ4v) is 3.36. The Hall–Kier alpha value is -3.76. The normalized spacial score (nSPS) is 12.7. The van der Waals surface area contributed by atoms with Gasteiger partial charge in [0.05, 0.1) is 29.9 Å². The van der Waals surface area contributed by atoms with Crippen LogP contribution in [0.25, 0.3) is 0 Å². The Labute approximate surface area is 248 Å². The Morgan fingerprint density at radius 3 is 1.90 bits per heavy atom. The third-order valence-corrected chi connectivity index (χ3v) is 6.14. The van der Waals surface area contributed by atoms with Crippen LogP contribution in [0.2, 0.25) is 0 Å². The largest absolute Gasteiger partial charge is 0.422 e. The van der Waals surface area contributed by atoms with Crippen LogP contribution in [0.4, 0.5) is 0 Å². The zero-order chi connectivity index (χ0) is 31.7. The van der Waals surface area contributed by atoms with Crippen LogP contribution in [-0.2, 0) is 25.6 Å². The number of nitrogens with one attached hydrogen (secondary N) is 3. The first-order chi connectivity index (χ1) is 19.4. The summed E-state index contributed by atoms with van der Waals surface area (Å²) in [5.74, 6) is -1.49. The standard InChI is InChI=1S/C32H45N3O7/c1-30(2,3)28(39)41-24-15-14-22(17-25(24)42-29(40)31(4,5)6)23(36)18-35-32(7,8)20-34-27(38)19-33-26(37)16-21-12-10-9-11-13-21/h9-15,17,23,35-36H,16,18-20H2,1-8H3,(H,33,37)(H,34,38). The molecule has 2 aromatic carbocycles. The van der Waals surface area contributed by atoms with Crippen LogP contribution in [0.15, 0.2) is 48.5 Å². The van der Waals surface area contributed by atoms with Crippen molar-refractivity contribution < 1.29 is 33.8 Å². The lowest BCUT2D eigenvalue weighted by atomic mass is 9.97. The first kappa shape index (κ1) is 34.4. The number of hydrogen-bond donors (Lipinski definition) is 4. The Kier molecular flexibility index (Phi) is 11.8. The summed E-state index contributed by atoms with van der Waals surface area (Å²) >= 11 is 0. The zero-order valence-electron chi connectivity index (χ0n) is 25.9. The van der Waals surface area contributed by atoms with E-state index in [0.29, 0.717) is 5.56 Å². The molecule has 0 spiro atoms. The van der Waals surface area contributed by atoms with Crippen molar-refractivity contribution in [3.05, 3.63) is 59.7 Å². The molecule has 0 radical (unpaired) electrons. The second-order valence-electron chi connectivity index (χ2n) is 13.0. The summed E-state index contributed by atoms with van der Waals surface area (Å²) in [5.41, 5.74) is -0.882. The molecule has 230 valence electrons. The van der Waals surface area contributed by atoms with E-state index in [1.807, 2.05) is 44.2 Å². The molecule has 0 heterocycles. The number of amides is 2. The van der Waals surface area contributed by atoms with Gasteiger partial charge in [0, 0.05) is 18.6 Å². The number of ether oxygens (including phenoxy) is 2. The van der Waals surface area contributed by atoms with E-state index in [2.05, 4.69) is 16.0 Å². The van der Waals surface area contributed by atoms with Crippen molar-refractivity contribution >= 4 is 23.8 Å². The molecule has 0 aliphatic carbocycles. The van der Waals surface area contributed by atoms with E-state index in [4.69, 9.17) is 9.47 Å². The summed E-state index contributed by atoms with van der Waals surface area (Å²) in [7, 11) is 0. The quantitative estimate of drug-likeness (QED) is 0.220. The molecule has 1 unspecified atom stereocenters. The molecule has 0 aliphatic heterocycles. The third-order valence-electron chi connectivity index (χ3n) is 6.14. The van der Waals surface area contributed by atoms with E-state index in [1.165, 1.54) is 12.1 Å². The molecular formula is C32H45N3O7. The van der Waals surface area contributed by atoms with E-state index >= 15 is 0 Å². The number of aliphatic hydroxyl groups is 1. The minimum atomic E-state index is -1.00. The molecule has 4 N–H and O–H groups in total. The van der Waals surface area contributed by atoms with Crippen LogP contribution in [-0.4, -0.2) is 54.0 Å². The van der Waals surface area contributed by atoms with Gasteiger partial charge in [-0.3, -0.25) is 19.2 Å². The molecule has 0 fully saturated rings. The first-order valence-corrected chi connectivity index (χ1v) is 14.0. The first-order valence-electron chi connectivity index (χ1n) is 14.0. The predicted molar refractivity (Wildman–Crippen MR) is 160 cm³/mol. The van der Waals surface area contributed by atoms with Gasteiger partial charge in [0.25, 0.3) is 0 Å². The smallest absolute Gasteiger partial charge is 0.316 e. The number of carbonyl (C=O) groups is 4. The predicted octanol–water partition coefficient (Wildman–Crippen LogP) is 3.47. The van der Waals surface area contributed by atoms with Crippen LogP contribution in [0, 0.1) is 10.8 Å². The highest BCUT2D eigenvalue weighted by Crippen LogP contribution is 2.34. The van der Waals surface area contributed by atoms with E-state index < -0.39 is 34.4 Å². The SMILES string of the molecule is CC(C)(CNC(=O)CNC(=O)Cc1ccccc1)NCC(O)c1ccc(OC(=O)C(C)(C)C)c(OC(=O)C(C)(C)C)c1. The highest BCUT2D eigenvalue weighted by atomic mass is 16.6. The molecule has 0 aliphatic rings. The van der Waals surface area contributed by atoms with E-state index in [0.717, 1.165) is 5.56 Å². The molecular weight excluding hydrogens is 538 g/mol. The van der Waals surface area contributed by atoms with Gasteiger partial charge in [-0.25, -0.2) is 0 Å². The van der Waals surface area contributed by atoms with Gasteiger partial charge < -0.3 is 30.5 Å². The molecule has 1 atom stereocenters. The number of rotatable bonds is 12. The molecule has 0 bridgehead atoms. The summed E-state index contributed by atoms with van der Waals surface area (Å²) in [6, 6.07) is 13.8. The number of esters is 2. The number of carbonyl (C=O) groups excluding carboxylic acids is 4. The number of hydrogen-bond acceptors (Lipinski definition) is 8. The summed E-state index contributed by atoms with van der Waals surface area (Å²) in [5, 5.41) is 19.5. The molecule has 0 saturated heterocycles. The maximum atomic E-state index is 12.6. The van der Waals surface area contributed by atoms with Gasteiger partial charge in [0.1, 0.15) is 0 Å². The fraction of sp³-hybridized carbons (Fsp3) is 0.500. The number of aliphatic hydroxyl groups excluding tert-OH is 1. The minimum Gasteiger partial charge on any atom is -0.422 e. The molecule has 0 saturated carbocycles. The molecule has 2 rings (SSSR count). The molecule has 10 heteroatoms. The lowest BCUT2D eigenvalue weighted by molar-refractivity contribution is -0.145. The van der Waals surface area contributed by atoms with Crippen molar-refractivity contribution in [3.63, 3.8) is 0 Å². The van der Waals surface area contributed by atoms with E-state index in [1.54, 1.807) is 47.6 Å². The van der Waals surface area contributed by atoms with Crippen LogP contribution < -0.4 is 25.4 Å². The van der Waals surface area contributed by atoms with Crippen LogP contribution in [0.3, 0.4) is 0 Å². The van der Waals surface area contributed by atoms with Crippen molar-refractivity contribution in [1.82, 2.24) is 16.0 Å². The summed E-state index contributed by atoms with van der Waals surface area (Å²) < 4.78 is 11.1. The Balaban J connectivity index is 1.96. The maximum absolute atomic E-state index is 12.6. The van der Waals surface area contributed by atoms with Gasteiger partial charge >= 0.3 is 11.9 Å². The van der Waals surface area contributed by atoms with Crippen molar-refractivity contribution in [2.75, 3.05) is 19.6 Å². The fourth-order valence-electron chi connectivity index (χ4n) is 3.36. The van der Waals surface area contributed by atoms with Gasteiger partial charge in [-0.1, -0.05) is 36.4 Å². The second kappa shape index (κ2) is 14.4. The summed E-state index contributed by atoms with van der Waals surface area (Å²) in [4.78, 5) is 49.5. The van der Waals surface area contributed by atoms with Gasteiger partial charge in [-0.15, -0.1) is 0 Å². The topological polar surface area (TPSA) is 143 Å². The van der Waals surface area contributed by atoms with Gasteiger partial charge in [-0.2, -0.15) is 0 Å². The van der Waals surface area contributed by atoms with Crippen molar-refractivity contribution in [3.8, 4) is 11.5 Å². The van der Waals surface area contributed by atoms with Crippen LogP contribution in [0.5, 0.6) is 11.5 Å². The third kappa shape index (κ3) is 11.6. The molecule has 2 aromatic rings. The number of benzene rings is 2. The molecule has 2 amide bonds. The zero-order valence-corrected chi connectivity index (χ0v) is 25.9. The average molecular weight is 584 g/mol. The van der Waals surface area contributed by atoms with Gasteiger partial charge in [0.2, 0.25) is 11.8 Å². The number of β-amino-alcohol motifs (C(OH)–C–C–N with tert-alkyl or cyclic N) is 1. The second-order valence-corrected chi connectivity index (χ2v) is 13.0. The summed E-state index contributed by atoms with van der Waals surface area (Å²) in [6.07, 6.45) is -0.812. The molecule has 0 aromatic heterocycles. The van der Waals surface area contributed by atoms with Gasteiger partial charge in [-0.05, 0) is 78.6 Å². The Morgan fingerprint density at radius 1 is 0.762 bits per heavy atom. The lowest BCUT2D eigenvalue weighted by Crippen LogP contribution is -2.51. The highest BCUT2D eigenvalue weighted by Gasteiger charge is 2.29. The minimum absolute atomic E-state index is 0.0323. The molecule has 42 heavy (non-hydrogen) atoms. The molecule has 10 nitrogen and oxygen atoms in total. The van der Waals surface area contributed by atoms with Crippen LogP contribution >= 0.6 is 0 Å². The van der Waals surface area contributed by atoms with Crippen LogP contribution in [0.1, 0.15) is 72.6 Å². The lowest BCUT2D eigenvalue weighted by Gasteiger charge is -2.28. The Morgan fingerprint density at radius 2 is 1.33 bits per heavy atom. The Bertz CT molecular complexity index is 1240. The van der Waals surface area contributed by atoms with Gasteiger partial charge in [0.15, 0.2) is 11.5 Å². The maximum Gasteiger partial charge on any atom is 0.316 e. The van der Waals surface area contributed by atoms with E-state index in [9.17, 15) is 24.3 Å². The highest BCUT2D eigenvalue weighted by molar-refractivity contribution is 5.85.